The molecule has 0 radical (unpaired) electrons. The molecule has 0 aromatic heterocycles. The van der Waals surface area contributed by atoms with Gasteiger partial charge in [0.25, 0.3) is 0 Å². The third kappa shape index (κ3) is 2.94. The van der Waals surface area contributed by atoms with E-state index in [0.29, 0.717) is 12.8 Å². The van der Waals surface area contributed by atoms with E-state index in [1.54, 1.807) is 0 Å². The Bertz CT molecular complexity index is 203. The summed E-state index contributed by atoms with van der Waals surface area (Å²) < 4.78 is 11.4. The zero-order valence-electron chi connectivity index (χ0n) is 9.68. The van der Waals surface area contributed by atoms with Crippen LogP contribution in [-0.2, 0) is 9.47 Å². The predicted molar refractivity (Wildman–Crippen MR) is 59.2 cm³/mol. The molecule has 0 aliphatic carbocycles. The van der Waals surface area contributed by atoms with Gasteiger partial charge in [0.2, 0.25) is 0 Å². The normalized spacial score (nSPS) is 36.8. The topological polar surface area (TPSA) is 58.9 Å². The molecule has 0 spiro atoms. The van der Waals surface area contributed by atoms with Crippen LogP contribution in [0.25, 0.3) is 0 Å². The molecule has 2 aliphatic heterocycles. The summed E-state index contributed by atoms with van der Waals surface area (Å²) in [6.45, 7) is 0.987. The summed E-state index contributed by atoms with van der Waals surface area (Å²) in [5, 5.41) is 18.6. The standard InChI is InChI=1S/C12H22O4/c13-7-1-3-9(14)10-5-6-12(16-10)11-4-2-8-15-11/h9-14H,1-8H2. The van der Waals surface area contributed by atoms with Gasteiger partial charge < -0.3 is 19.7 Å². The van der Waals surface area contributed by atoms with Gasteiger partial charge in [0, 0.05) is 13.2 Å². The minimum atomic E-state index is -0.432. The SMILES string of the molecule is OCCCC(O)C1CCC(C2CCCO2)O1. The van der Waals surface area contributed by atoms with E-state index >= 15 is 0 Å². The Morgan fingerprint density at radius 2 is 2.06 bits per heavy atom. The van der Waals surface area contributed by atoms with Crippen molar-refractivity contribution >= 4 is 0 Å². The molecule has 2 aliphatic rings. The Morgan fingerprint density at radius 1 is 1.19 bits per heavy atom. The lowest BCUT2D eigenvalue weighted by molar-refractivity contribution is -0.0821. The van der Waals surface area contributed by atoms with Gasteiger partial charge >= 0.3 is 0 Å². The molecule has 4 unspecified atom stereocenters. The second kappa shape index (κ2) is 5.96. The van der Waals surface area contributed by atoms with E-state index in [0.717, 1.165) is 32.3 Å². The van der Waals surface area contributed by atoms with Gasteiger partial charge in [-0.15, -0.1) is 0 Å². The molecule has 2 saturated heterocycles. The second-order valence-corrected chi connectivity index (χ2v) is 4.77. The molecule has 2 rings (SSSR count). The van der Waals surface area contributed by atoms with Crippen molar-refractivity contribution in [3.8, 4) is 0 Å². The lowest BCUT2D eigenvalue weighted by Crippen LogP contribution is -2.30. The number of rotatable bonds is 5. The molecule has 4 nitrogen and oxygen atoms in total. The average Bonchev–Trinajstić information content (AvgIpc) is 2.94. The lowest BCUT2D eigenvalue weighted by atomic mass is 10.0. The first-order chi connectivity index (χ1) is 7.81. The van der Waals surface area contributed by atoms with Crippen LogP contribution in [0.1, 0.15) is 38.5 Å². The molecule has 4 atom stereocenters. The van der Waals surface area contributed by atoms with Crippen LogP contribution in [0.3, 0.4) is 0 Å². The van der Waals surface area contributed by atoms with Crippen LogP contribution in [-0.4, -0.2) is 47.8 Å². The van der Waals surface area contributed by atoms with E-state index in [-0.39, 0.29) is 24.9 Å². The van der Waals surface area contributed by atoms with Gasteiger partial charge in [0.05, 0.1) is 24.4 Å². The van der Waals surface area contributed by atoms with Crippen molar-refractivity contribution in [1.29, 1.82) is 0 Å². The molecule has 0 amide bonds. The van der Waals surface area contributed by atoms with E-state index in [2.05, 4.69) is 0 Å². The van der Waals surface area contributed by atoms with E-state index in [4.69, 9.17) is 14.6 Å². The predicted octanol–water partition coefficient (Wildman–Crippen LogP) is 0.846. The molecule has 4 heteroatoms. The highest BCUT2D eigenvalue weighted by Gasteiger charge is 2.36. The van der Waals surface area contributed by atoms with E-state index in [1.165, 1.54) is 0 Å². The highest BCUT2D eigenvalue weighted by molar-refractivity contribution is 4.85. The van der Waals surface area contributed by atoms with Crippen molar-refractivity contribution in [3.63, 3.8) is 0 Å². The summed E-state index contributed by atoms with van der Waals surface area (Å²) in [6.07, 6.45) is 5.32. The molecular formula is C12H22O4. The molecule has 0 saturated carbocycles. The van der Waals surface area contributed by atoms with Crippen LogP contribution >= 0.6 is 0 Å². The maximum atomic E-state index is 9.86. The molecule has 0 aromatic carbocycles. The zero-order chi connectivity index (χ0) is 11.4. The highest BCUT2D eigenvalue weighted by Crippen LogP contribution is 2.30. The summed E-state index contributed by atoms with van der Waals surface area (Å²) in [6, 6.07) is 0. The third-order valence-corrected chi connectivity index (χ3v) is 3.55. The van der Waals surface area contributed by atoms with E-state index in [1.807, 2.05) is 0 Å². The Balaban J connectivity index is 1.73. The van der Waals surface area contributed by atoms with E-state index in [9.17, 15) is 5.11 Å². The van der Waals surface area contributed by atoms with Crippen molar-refractivity contribution < 1.29 is 19.7 Å². The number of ether oxygens (including phenoxy) is 2. The Morgan fingerprint density at radius 3 is 2.75 bits per heavy atom. The van der Waals surface area contributed by atoms with Gasteiger partial charge in [0.15, 0.2) is 0 Å². The minimum absolute atomic E-state index is 0.0549. The fourth-order valence-corrected chi connectivity index (χ4v) is 2.63. The Hall–Kier alpha value is -0.160. The smallest absolute Gasteiger partial charge is 0.0842 e. The monoisotopic (exact) mass is 230 g/mol. The van der Waals surface area contributed by atoms with E-state index < -0.39 is 6.10 Å². The summed E-state index contributed by atoms with van der Waals surface area (Å²) in [5.41, 5.74) is 0. The van der Waals surface area contributed by atoms with Crippen LogP contribution < -0.4 is 0 Å². The Kier molecular flexibility index (Phi) is 4.58. The van der Waals surface area contributed by atoms with Gasteiger partial charge in [-0.05, 0) is 38.5 Å². The molecule has 16 heavy (non-hydrogen) atoms. The minimum Gasteiger partial charge on any atom is -0.396 e. The molecule has 94 valence electrons. The molecule has 2 heterocycles. The van der Waals surface area contributed by atoms with Crippen molar-refractivity contribution in [1.82, 2.24) is 0 Å². The number of aliphatic hydroxyl groups excluding tert-OH is 2. The van der Waals surface area contributed by atoms with Crippen molar-refractivity contribution in [2.45, 2.75) is 62.9 Å². The fourth-order valence-electron chi connectivity index (χ4n) is 2.63. The summed E-state index contributed by atoms with van der Waals surface area (Å²) in [5.74, 6) is 0. The second-order valence-electron chi connectivity index (χ2n) is 4.77. The summed E-state index contributed by atoms with van der Waals surface area (Å²) in [4.78, 5) is 0. The van der Waals surface area contributed by atoms with Gasteiger partial charge in [-0.25, -0.2) is 0 Å². The number of hydrogen-bond donors (Lipinski definition) is 2. The molecule has 0 bridgehead atoms. The van der Waals surface area contributed by atoms with Crippen LogP contribution in [0, 0.1) is 0 Å². The highest BCUT2D eigenvalue weighted by atomic mass is 16.6. The van der Waals surface area contributed by atoms with Crippen LogP contribution in [0.5, 0.6) is 0 Å². The van der Waals surface area contributed by atoms with Crippen LogP contribution in [0.2, 0.25) is 0 Å². The van der Waals surface area contributed by atoms with Crippen molar-refractivity contribution in [2.75, 3.05) is 13.2 Å². The largest absolute Gasteiger partial charge is 0.396 e. The first kappa shape index (κ1) is 12.3. The van der Waals surface area contributed by atoms with Gasteiger partial charge in [-0.2, -0.15) is 0 Å². The van der Waals surface area contributed by atoms with Crippen LogP contribution in [0.4, 0.5) is 0 Å². The maximum absolute atomic E-state index is 9.86. The quantitative estimate of drug-likeness (QED) is 0.735. The van der Waals surface area contributed by atoms with Gasteiger partial charge in [0.1, 0.15) is 0 Å². The maximum Gasteiger partial charge on any atom is 0.0842 e. The molecule has 2 fully saturated rings. The van der Waals surface area contributed by atoms with Crippen LogP contribution in [0.15, 0.2) is 0 Å². The summed E-state index contributed by atoms with van der Waals surface area (Å²) >= 11 is 0. The first-order valence-corrected chi connectivity index (χ1v) is 6.37. The average molecular weight is 230 g/mol. The van der Waals surface area contributed by atoms with Crippen molar-refractivity contribution in [3.05, 3.63) is 0 Å². The third-order valence-electron chi connectivity index (χ3n) is 3.55. The Labute approximate surface area is 96.6 Å². The number of hydrogen-bond acceptors (Lipinski definition) is 4. The van der Waals surface area contributed by atoms with Gasteiger partial charge in [-0.3, -0.25) is 0 Å². The molecule has 2 N–H and O–H groups in total. The zero-order valence-corrected chi connectivity index (χ0v) is 9.68. The molecule has 0 aromatic rings. The number of aliphatic hydroxyl groups is 2. The molecular weight excluding hydrogens is 208 g/mol. The lowest BCUT2D eigenvalue weighted by Gasteiger charge is -2.21. The fraction of sp³-hybridized carbons (Fsp3) is 1.00. The van der Waals surface area contributed by atoms with Crippen molar-refractivity contribution in [2.24, 2.45) is 0 Å². The van der Waals surface area contributed by atoms with Gasteiger partial charge in [-0.1, -0.05) is 0 Å². The summed E-state index contributed by atoms with van der Waals surface area (Å²) in [7, 11) is 0. The first-order valence-electron chi connectivity index (χ1n) is 6.37.